The molecule has 8 heteroatoms. The number of hydrogen-bond acceptors (Lipinski definition) is 5. The summed E-state index contributed by atoms with van der Waals surface area (Å²) in [6.07, 6.45) is 0. The number of halogens is 1. The normalized spacial score (nSPS) is 10.2. The van der Waals surface area contributed by atoms with Crippen LogP contribution in [-0.4, -0.2) is 21.8 Å². The van der Waals surface area contributed by atoms with Gasteiger partial charge in [0.15, 0.2) is 0 Å². The Kier molecular flexibility index (Phi) is 5.59. The summed E-state index contributed by atoms with van der Waals surface area (Å²) in [5, 5.41) is 8.39. The van der Waals surface area contributed by atoms with Crippen LogP contribution in [0.4, 0.5) is 27.3 Å². The summed E-state index contributed by atoms with van der Waals surface area (Å²) in [4.78, 5) is 32.1. The molecule has 28 heavy (non-hydrogen) atoms. The Morgan fingerprint density at radius 3 is 2.29 bits per heavy atom. The zero-order valence-electron chi connectivity index (χ0n) is 15.3. The number of carbonyl (C=O) groups is 2. The number of benzene rings is 2. The number of nitrogens with one attached hydrogen (secondary N) is 3. The van der Waals surface area contributed by atoms with Crippen LogP contribution in [0.5, 0.6) is 0 Å². The van der Waals surface area contributed by atoms with Crippen molar-refractivity contribution in [3.63, 3.8) is 0 Å². The van der Waals surface area contributed by atoms with Crippen molar-refractivity contribution in [1.29, 1.82) is 0 Å². The molecule has 0 spiro atoms. The largest absolute Gasteiger partial charge is 0.340 e. The Labute approximate surface area is 161 Å². The minimum Gasteiger partial charge on any atom is -0.340 e. The number of carbonyl (C=O) groups excluding carboxylic acids is 2. The number of hydrogen-bond donors (Lipinski definition) is 3. The Hall–Kier alpha value is -3.81. The lowest BCUT2D eigenvalue weighted by Gasteiger charge is -2.10. The fraction of sp³-hybridized carbons (Fsp3) is 0.100. The first-order valence-electron chi connectivity index (χ1n) is 8.46. The Morgan fingerprint density at radius 2 is 1.57 bits per heavy atom. The quantitative estimate of drug-likeness (QED) is 0.625. The van der Waals surface area contributed by atoms with Gasteiger partial charge in [0.25, 0.3) is 5.91 Å². The summed E-state index contributed by atoms with van der Waals surface area (Å²) in [5.41, 5.74) is 1.78. The van der Waals surface area contributed by atoms with Gasteiger partial charge < -0.3 is 16.0 Å². The molecule has 7 nitrogen and oxygen atoms in total. The van der Waals surface area contributed by atoms with Gasteiger partial charge in [0, 0.05) is 30.1 Å². The molecule has 0 fully saturated rings. The molecule has 0 aliphatic rings. The van der Waals surface area contributed by atoms with Crippen molar-refractivity contribution in [2.45, 2.75) is 13.8 Å². The van der Waals surface area contributed by atoms with E-state index in [4.69, 9.17) is 0 Å². The van der Waals surface area contributed by atoms with Crippen LogP contribution in [0.3, 0.4) is 0 Å². The third-order valence-corrected chi connectivity index (χ3v) is 3.61. The monoisotopic (exact) mass is 379 g/mol. The van der Waals surface area contributed by atoms with E-state index in [9.17, 15) is 14.0 Å². The van der Waals surface area contributed by atoms with Crippen LogP contribution in [0.25, 0.3) is 0 Å². The summed E-state index contributed by atoms with van der Waals surface area (Å²) in [7, 11) is 0. The maximum atomic E-state index is 13.3. The average molecular weight is 379 g/mol. The molecule has 2 amide bonds. The predicted octanol–water partition coefficient (Wildman–Crippen LogP) is 3.88. The molecular weight excluding hydrogens is 361 g/mol. The molecule has 0 atom stereocenters. The van der Waals surface area contributed by atoms with E-state index in [2.05, 4.69) is 25.9 Å². The van der Waals surface area contributed by atoms with Crippen molar-refractivity contribution in [2.75, 3.05) is 16.0 Å². The first-order chi connectivity index (χ1) is 13.4. The van der Waals surface area contributed by atoms with E-state index in [1.165, 1.54) is 31.2 Å². The van der Waals surface area contributed by atoms with Gasteiger partial charge in [0.1, 0.15) is 23.2 Å². The van der Waals surface area contributed by atoms with Gasteiger partial charge in [0.2, 0.25) is 5.91 Å². The van der Waals surface area contributed by atoms with E-state index in [0.29, 0.717) is 28.7 Å². The second kappa shape index (κ2) is 8.26. The van der Waals surface area contributed by atoms with Gasteiger partial charge in [-0.3, -0.25) is 9.59 Å². The van der Waals surface area contributed by atoms with E-state index in [0.717, 1.165) is 0 Å². The minimum atomic E-state index is -0.480. The van der Waals surface area contributed by atoms with Crippen molar-refractivity contribution in [3.05, 3.63) is 71.9 Å². The first kappa shape index (κ1) is 19.0. The summed E-state index contributed by atoms with van der Waals surface area (Å²) < 4.78 is 13.3. The highest BCUT2D eigenvalue weighted by Crippen LogP contribution is 2.20. The Balaban J connectivity index is 1.79. The number of amides is 2. The van der Waals surface area contributed by atoms with Crippen LogP contribution in [0.2, 0.25) is 0 Å². The lowest BCUT2D eigenvalue weighted by Crippen LogP contribution is -2.15. The summed E-state index contributed by atoms with van der Waals surface area (Å²) in [5.74, 6) is -0.292. The third kappa shape index (κ3) is 5.10. The van der Waals surface area contributed by atoms with E-state index in [1.807, 2.05) is 0 Å². The van der Waals surface area contributed by atoms with Gasteiger partial charge in [-0.2, -0.15) is 0 Å². The maximum absolute atomic E-state index is 13.3. The SMILES string of the molecule is CC(=O)Nc1cccc(Nc2cc(C(=O)Nc3cccc(F)c3)nc(C)n2)c1. The minimum absolute atomic E-state index is 0.136. The van der Waals surface area contributed by atoms with Gasteiger partial charge in [-0.25, -0.2) is 14.4 Å². The van der Waals surface area contributed by atoms with E-state index < -0.39 is 11.7 Å². The lowest BCUT2D eigenvalue weighted by molar-refractivity contribution is -0.114. The smallest absolute Gasteiger partial charge is 0.274 e. The topological polar surface area (TPSA) is 96.0 Å². The van der Waals surface area contributed by atoms with Gasteiger partial charge >= 0.3 is 0 Å². The zero-order valence-corrected chi connectivity index (χ0v) is 15.3. The summed E-state index contributed by atoms with van der Waals surface area (Å²) in [6, 6.07) is 14.2. The molecule has 0 saturated heterocycles. The number of aryl methyl sites for hydroxylation is 1. The number of aromatic nitrogens is 2. The molecule has 142 valence electrons. The van der Waals surface area contributed by atoms with Gasteiger partial charge in [-0.15, -0.1) is 0 Å². The van der Waals surface area contributed by atoms with Crippen LogP contribution in [-0.2, 0) is 4.79 Å². The number of rotatable bonds is 5. The van der Waals surface area contributed by atoms with Crippen LogP contribution >= 0.6 is 0 Å². The van der Waals surface area contributed by atoms with Crippen molar-refractivity contribution >= 4 is 34.7 Å². The van der Waals surface area contributed by atoms with Crippen molar-refractivity contribution in [3.8, 4) is 0 Å². The molecule has 0 radical (unpaired) electrons. The molecule has 2 aromatic carbocycles. The highest BCUT2D eigenvalue weighted by molar-refractivity contribution is 6.03. The highest BCUT2D eigenvalue weighted by atomic mass is 19.1. The van der Waals surface area contributed by atoms with Crippen molar-refractivity contribution < 1.29 is 14.0 Å². The lowest BCUT2D eigenvalue weighted by atomic mass is 10.2. The molecule has 0 saturated carbocycles. The Bertz CT molecular complexity index is 1040. The van der Waals surface area contributed by atoms with Gasteiger partial charge in [-0.05, 0) is 43.3 Å². The molecule has 3 rings (SSSR count). The Morgan fingerprint density at radius 1 is 0.893 bits per heavy atom. The van der Waals surface area contributed by atoms with Gasteiger partial charge in [-0.1, -0.05) is 12.1 Å². The van der Waals surface area contributed by atoms with E-state index in [-0.39, 0.29) is 11.6 Å². The first-order valence-corrected chi connectivity index (χ1v) is 8.46. The van der Waals surface area contributed by atoms with Crippen LogP contribution in [0.1, 0.15) is 23.2 Å². The maximum Gasteiger partial charge on any atom is 0.274 e. The van der Waals surface area contributed by atoms with Crippen LogP contribution in [0.15, 0.2) is 54.6 Å². The molecule has 0 unspecified atom stereocenters. The van der Waals surface area contributed by atoms with Crippen molar-refractivity contribution in [2.24, 2.45) is 0 Å². The standard InChI is InChI=1S/C20H18FN5O2/c1-12-22-18(20(28)26-15-6-3-5-14(21)9-15)11-19(23-12)25-17-8-4-7-16(10-17)24-13(2)27/h3-11H,1-2H3,(H,24,27)(H,26,28)(H,22,23,25). The second-order valence-electron chi connectivity index (χ2n) is 6.04. The van der Waals surface area contributed by atoms with E-state index in [1.54, 1.807) is 37.3 Å². The van der Waals surface area contributed by atoms with Crippen LogP contribution < -0.4 is 16.0 Å². The fourth-order valence-corrected chi connectivity index (χ4v) is 2.54. The zero-order chi connectivity index (χ0) is 20.1. The molecule has 3 aromatic rings. The molecule has 1 aromatic heterocycles. The molecule has 3 N–H and O–H groups in total. The fourth-order valence-electron chi connectivity index (χ4n) is 2.54. The average Bonchev–Trinajstić information content (AvgIpc) is 2.61. The van der Waals surface area contributed by atoms with Crippen molar-refractivity contribution in [1.82, 2.24) is 9.97 Å². The summed E-state index contributed by atoms with van der Waals surface area (Å²) in [6.45, 7) is 3.09. The number of nitrogens with zero attached hydrogens (tertiary/aromatic N) is 2. The number of anilines is 4. The van der Waals surface area contributed by atoms with Crippen LogP contribution in [0, 0.1) is 12.7 Å². The second-order valence-corrected chi connectivity index (χ2v) is 6.04. The van der Waals surface area contributed by atoms with Gasteiger partial charge in [0.05, 0.1) is 0 Å². The molecule has 0 aliphatic carbocycles. The molecule has 0 aliphatic heterocycles. The molecule has 1 heterocycles. The van der Waals surface area contributed by atoms with E-state index >= 15 is 0 Å². The summed E-state index contributed by atoms with van der Waals surface area (Å²) >= 11 is 0. The highest BCUT2D eigenvalue weighted by Gasteiger charge is 2.12. The third-order valence-electron chi connectivity index (χ3n) is 3.61. The molecule has 0 bridgehead atoms. The predicted molar refractivity (Wildman–Crippen MR) is 105 cm³/mol. The molecular formula is C20H18FN5O2.